The molecule has 2 atom stereocenters. The second kappa shape index (κ2) is 26.4. The van der Waals surface area contributed by atoms with Crippen LogP contribution >= 0.6 is 34.8 Å². The Hall–Kier alpha value is -5.40. The summed E-state index contributed by atoms with van der Waals surface area (Å²) in [4.78, 5) is 50.4. The predicted molar refractivity (Wildman–Crippen MR) is 303 cm³/mol. The number of likely N-dealkylation sites (tertiary alicyclic amines) is 2. The van der Waals surface area contributed by atoms with E-state index in [1.54, 1.807) is 11.0 Å². The number of imidazole rings is 2. The van der Waals surface area contributed by atoms with Gasteiger partial charge in [-0.05, 0) is 170 Å². The van der Waals surface area contributed by atoms with Crippen molar-refractivity contribution >= 4 is 94.8 Å². The molecule has 2 saturated heterocycles. The monoisotopic (exact) mass is 1120 g/mol. The lowest BCUT2D eigenvalue weighted by Gasteiger charge is -2.35. The van der Waals surface area contributed by atoms with Gasteiger partial charge in [0.2, 0.25) is 20.0 Å². The summed E-state index contributed by atoms with van der Waals surface area (Å²) >= 11 is 17.1. The van der Waals surface area contributed by atoms with Crippen molar-refractivity contribution in [1.29, 1.82) is 0 Å². The minimum atomic E-state index is -3.55. The van der Waals surface area contributed by atoms with Crippen molar-refractivity contribution in [2.45, 2.75) is 134 Å². The van der Waals surface area contributed by atoms with E-state index in [9.17, 15) is 31.2 Å². The maximum Gasteiger partial charge on any atom is 0.410 e. The van der Waals surface area contributed by atoms with Gasteiger partial charge >= 0.3 is 6.09 Å². The van der Waals surface area contributed by atoms with E-state index in [0.717, 1.165) is 97.2 Å². The highest BCUT2D eigenvalue weighted by Crippen LogP contribution is 2.35. The normalized spacial score (nSPS) is 15.6. The number of fused-ring (bicyclic) bond motifs is 2. The van der Waals surface area contributed by atoms with Crippen molar-refractivity contribution in [2.75, 3.05) is 35.0 Å². The van der Waals surface area contributed by atoms with Crippen LogP contribution in [0.25, 0.3) is 11.3 Å². The number of nitrogens with one attached hydrogen (secondary N) is 2. The van der Waals surface area contributed by atoms with Crippen LogP contribution in [0.4, 0.5) is 16.2 Å². The smallest absolute Gasteiger partial charge is 0.410 e. The van der Waals surface area contributed by atoms with Crippen molar-refractivity contribution in [2.24, 2.45) is 0 Å². The molecule has 0 aliphatic carbocycles. The third-order valence-electron chi connectivity index (χ3n) is 11.4. The van der Waals surface area contributed by atoms with Gasteiger partial charge in [0.25, 0.3) is 11.1 Å². The first-order valence-corrected chi connectivity index (χ1v) is 27.6. The molecule has 21 heteroatoms. The number of aryl methyl sites for hydroxylation is 4. The second-order valence-electron chi connectivity index (χ2n) is 18.7. The first-order valence-electron chi connectivity index (χ1n) is 22.6. The van der Waals surface area contributed by atoms with Gasteiger partial charge in [-0.2, -0.15) is 0 Å². The fourth-order valence-corrected chi connectivity index (χ4v) is 10.2. The molecule has 2 aliphatic rings. The molecular weight excluding hydrogens is 1050 g/mol. The van der Waals surface area contributed by atoms with E-state index in [1.807, 2.05) is 56.2 Å². The zero-order chi connectivity index (χ0) is 51.5. The number of rotatable bonds is 8. The summed E-state index contributed by atoms with van der Waals surface area (Å²) in [5.74, 6) is -0.261. The number of piperidine rings is 2. The molecule has 408 valence electrons. The number of halogens is 3. The molecule has 0 unspecified atom stereocenters. The summed E-state index contributed by atoms with van der Waals surface area (Å²) in [6.07, 6.45) is 11.6. The highest BCUT2D eigenvalue weighted by molar-refractivity contribution is 7.92. The Balaban J connectivity index is 0.000000391. The molecule has 0 radical (unpaired) electrons. The van der Waals surface area contributed by atoms with Crippen LogP contribution in [-0.4, -0.2) is 93.8 Å². The number of hydrogen-bond donors (Lipinski definition) is 2. The zero-order valence-electron chi connectivity index (χ0n) is 40.6. The van der Waals surface area contributed by atoms with Gasteiger partial charge in [-0.25, -0.2) is 31.6 Å². The Bertz CT molecular complexity index is 3170. The molecule has 2 amide bonds. The molecule has 0 bridgehead atoms. The summed E-state index contributed by atoms with van der Waals surface area (Å²) in [7, 11) is -7.00. The van der Waals surface area contributed by atoms with Crippen molar-refractivity contribution in [3.8, 4) is 0 Å². The average Bonchev–Trinajstić information content (AvgIpc) is 3.89. The SMILES string of the molecule is C.C.C.C.CS(=O)(=O)Nc1ccc(Cl)cc1C(=O)Cl.Cc1cc(C)n2cc([C@@H]3CCCCN3C(=O)OC(C)(C)C)nc2c1.Cc1cc(C)n2cc([C@@H]3CCCCN3C(=O)c3cc(Cl)ccc3NS(C)(=O)=O)nc2c1. The number of amides is 2. The number of pyridine rings is 2. The molecule has 4 aromatic heterocycles. The summed E-state index contributed by atoms with van der Waals surface area (Å²) in [5.41, 5.74) is 8.27. The summed E-state index contributed by atoms with van der Waals surface area (Å²) in [6.45, 7) is 15.2. The van der Waals surface area contributed by atoms with Gasteiger partial charge < -0.3 is 18.4 Å². The van der Waals surface area contributed by atoms with Gasteiger partial charge in [0, 0.05) is 46.9 Å². The molecule has 2 aromatic carbocycles. The number of anilines is 2. The lowest BCUT2D eigenvalue weighted by molar-refractivity contribution is 0.00903. The standard InChI is InChI=1S/C22H25ClN4O3S.C19H27N3O2.C8H7Cl2NO3S.4CH4/c1-14-10-15(2)27-13-19(24-21(27)11-14)20-6-4-5-9-26(20)22(28)17-12-16(23)7-8-18(17)25-31(3,29)30;1-13-10-14(2)22-12-15(20-17(22)11-13)16-8-6-7-9-21(16)18(23)24-19(3,4)5;1-15(13,14)11-7-3-2-5(9)4-6(7)8(10)12;;;;/h7-8,10-13,20,25H,4-6,9H2,1-3H3;10-12,16H,6-9H2,1-5H3;2-4,11H,1H3;4*1H4/t20-;16-;;;;;/m00...../s1. The minimum Gasteiger partial charge on any atom is -0.444 e. The highest BCUT2D eigenvalue weighted by Gasteiger charge is 2.34. The maximum atomic E-state index is 13.6. The van der Waals surface area contributed by atoms with E-state index in [0.29, 0.717) is 16.6 Å². The van der Waals surface area contributed by atoms with Gasteiger partial charge in [0.15, 0.2) is 0 Å². The van der Waals surface area contributed by atoms with Crippen molar-refractivity contribution < 1.29 is 36.0 Å². The van der Waals surface area contributed by atoms with Gasteiger partial charge in [0.1, 0.15) is 16.9 Å². The van der Waals surface area contributed by atoms with Crippen molar-refractivity contribution in [3.05, 3.63) is 128 Å². The Morgan fingerprint density at radius 1 is 0.622 bits per heavy atom. The molecule has 2 aliphatic heterocycles. The van der Waals surface area contributed by atoms with Crippen LogP contribution in [0, 0.1) is 27.7 Å². The highest BCUT2D eigenvalue weighted by atomic mass is 35.5. The van der Waals surface area contributed by atoms with E-state index in [2.05, 4.69) is 52.1 Å². The first kappa shape index (κ1) is 64.7. The molecule has 74 heavy (non-hydrogen) atoms. The fraction of sp³-hybridized carbons (Fsp3) is 0.453. The number of carbonyl (C=O) groups excluding carboxylic acids is 3. The number of hydrogen-bond acceptors (Lipinski definition) is 10. The van der Waals surface area contributed by atoms with Gasteiger partial charge in [-0.3, -0.25) is 23.9 Å². The van der Waals surface area contributed by atoms with Crippen LogP contribution in [0.15, 0.2) is 73.1 Å². The molecule has 8 rings (SSSR count). The fourth-order valence-electron chi connectivity index (χ4n) is 8.57. The van der Waals surface area contributed by atoms with E-state index in [4.69, 9.17) is 49.5 Å². The molecule has 2 N–H and O–H groups in total. The lowest BCUT2D eigenvalue weighted by atomic mass is 9.98. The van der Waals surface area contributed by atoms with Crippen LogP contribution < -0.4 is 9.44 Å². The summed E-state index contributed by atoms with van der Waals surface area (Å²) < 4.78 is 59.9. The largest absolute Gasteiger partial charge is 0.444 e. The van der Waals surface area contributed by atoms with E-state index in [1.165, 1.54) is 35.9 Å². The summed E-state index contributed by atoms with van der Waals surface area (Å²) in [6, 6.07) is 16.9. The van der Waals surface area contributed by atoms with Gasteiger partial charge in [0.05, 0.1) is 58.5 Å². The molecule has 0 saturated carbocycles. The van der Waals surface area contributed by atoms with Crippen LogP contribution in [-0.2, 0) is 24.8 Å². The van der Waals surface area contributed by atoms with Crippen LogP contribution in [0.2, 0.25) is 10.0 Å². The number of aromatic nitrogens is 4. The Labute approximate surface area is 454 Å². The Morgan fingerprint density at radius 2 is 1.03 bits per heavy atom. The third-order valence-corrected chi connectivity index (χ3v) is 13.3. The third kappa shape index (κ3) is 17.1. The van der Waals surface area contributed by atoms with E-state index < -0.39 is 30.9 Å². The second-order valence-corrected chi connectivity index (χ2v) is 23.4. The number of nitrogens with zero attached hydrogens (tertiary/aromatic N) is 6. The average molecular weight is 1120 g/mol. The Morgan fingerprint density at radius 3 is 1.45 bits per heavy atom. The minimum absolute atomic E-state index is 0. The molecule has 0 spiro atoms. The number of benzene rings is 2. The summed E-state index contributed by atoms with van der Waals surface area (Å²) in [5, 5.41) is -0.100. The van der Waals surface area contributed by atoms with Gasteiger partial charge in [-0.15, -0.1) is 0 Å². The zero-order valence-corrected chi connectivity index (χ0v) is 44.5. The predicted octanol–water partition coefficient (Wildman–Crippen LogP) is 13.4. The van der Waals surface area contributed by atoms with E-state index in [-0.39, 0.29) is 76.3 Å². The Kier molecular flexibility index (Phi) is 23.1. The number of sulfonamides is 2. The maximum absolute atomic E-state index is 13.6. The number of carbonyl (C=O) groups is 3. The lowest BCUT2D eigenvalue weighted by Crippen LogP contribution is -2.42. The van der Waals surface area contributed by atoms with E-state index >= 15 is 0 Å². The molecule has 2 fully saturated rings. The van der Waals surface area contributed by atoms with Crippen LogP contribution in [0.3, 0.4) is 0 Å². The van der Waals surface area contributed by atoms with Gasteiger partial charge in [-0.1, -0.05) is 52.9 Å². The quantitative estimate of drug-likeness (QED) is 0.139. The molecule has 6 heterocycles. The molecule has 6 aromatic rings. The molecular formula is C53H75Cl3N8O8S2. The number of ether oxygens (including phenoxy) is 1. The van der Waals surface area contributed by atoms with Crippen molar-refractivity contribution in [3.63, 3.8) is 0 Å². The van der Waals surface area contributed by atoms with Crippen molar-refractivity contribution in [1.82, 2.24) is 28.6 Å². The molecule has 16 nitrogen and oxygen atoms in total. The first-order chi connectivity index (χ1) is 32.7. The van der Waals surface area contributed by atoms with Crippen LogP contribution in [0.5, 0.6) is 0 Å². The van der Waals surface area contributed by atoms with Crippen LogP contribution in [0.1, 0.15) is 156 Å². The topological polar surface area (TPSA) is 194 Å².